The lowest BCUT2D eigenvalue weighted by atomic mass is 9.99. The molecule has 70 valence electrons. The number of hydrogen-bond acceptors (Lipinski definition) is 3. The van der Waals surface area contributed by atoms with E-state index in [0.717, 1.165) is 0 Å². The molecule has 12 heavy (non-hydrogen) atoms. The van der Waals surface area contributed by atoms with Gasteiger partial charge in [-0.3, -0.25) is 4.79 Å². The molecule has 0 fully saturated rings. The second-order valence-electron chi connectivity index (χ2n) is 2.85. The molecule has 0 radical (unpaired) electrons. The summed E-state index contributed by atoms with van der Waals surface area (Å²) in [4.78, 5) is 10.7. The highest BCUT2D eigenvalue weighted by atomic mass is 16.5. The maximum atomic E-state index is 10.7. The molecular formula is C9H16O3. The quantitative estimate of drug-likeness (QED) is 0.499. The van der Waals surface area contributed by atoms with Gasteiger partial charge in [0.05, 0.1) is 19.6 Å². The van der Waals surface area contributed by atoms with Gasteiger partial charge in [0.2, 0.25) is 0 Å². The van der Waals surface area contributed by atoms with Gasteiger partial charge in [0.15, 0.2) is 0 Å². The molecule has 0 aromatic rings. The van der Waals surface area contributed by atoms with Crippen molar-refractivity contribution < 1.29 is 14.6 Å². The zero-order chi connectivity index (χ0) is 9.56. The zero-order valence-electron chi connectivity index (χ0n) is 7.62. The van der Waals surface area contributed by atoms with E-state index in [1.54, 1.807) is 6.08 Å². The molecule has 0 unspecified atom stereocenters. The van der Waals surface area contributed by atoms with Gasteiger partial charge in [-0.25, -0.2) is 0 Å². The van der Waals surface area contributed by atoms with Crippen molar-refractivity contribution in [1.82, 2.24) is 0 Å². The first-order valence-corrected chi connectivity index (χ1v) is 3.97. The van der Waals surface area contributed by atoms with Crippen LogP contribution in [0, 0.1) is 5.92 Å². The molecule has 2 atom stereocenters. The van der Waals surface area contributed by atoms with Crippen molar-refractivity contribution in [1.29, 1.82) is 0 Å². The van der Waals surface area contributed by atoms with Gasteiger partial charge in [0.1, 0.15) is 0 Å². The highest BCUT2D eigenvalue weighted by Gasteiger charge is 2.16. The Balaban J connectivity index is 3.77. The number of esters is 1. The molecule has 0 amide bonds. The van der Waals surface area contributed by atoms with Crippen LogP contribution in [0.4, 0.5) is 0 Å². The zero-order valence-corrected chi connectivity index (χ0v) is 7.62. The number of carbonyl (C=O) groups excluding carboxylic acids is 1. The predicted octanol–water partition coefficient (Wildman–Crippen LogP) is 1.12. The molecule has 0 aromatic carbocycles. The van der Waals surface area contributed by atoms with Crippen LogP contribution in [0.2, 0.25) is 0 Å². The van der Waals surface area contributed by atoms with Crippen LogP contribution in [0.3, 0.4) is 0 Å². The van der Waals surface area contributed by atoms with Crippen molar-refractivity contribution in [2.75, 3.05) is 7.11 Å². The van der Waals surface area contributed by atoms with Crippen molar-refractivity contribution in [2.45, 2.75) is 25.9 Å². The number of carbonyl (C=O) groups is 1. The summed E-state index contributed by atoms with van der Waals surface area (Å²) >= 11 is 0. The van der Waals surface area contributed by atoms with E-state index in [1.165, 1.54) is 7.11 Å². The van der Waals surface area contributed by atoms with E-state index in [0.29, 0.717) is 6.42 Å². The second kappa shape index (κ2) is 5.77. The van der Waals surface area contributed by atoms with Crippen LogP contribution in [0.1, 0.15) is 19.8 Å². The molecule has 0 saturated carbocycles. The molecule has 0 heterocycles. The molecule has 0 aliphatic carbocycles. The van der Waals surface area contributed by atoms with Gasteiger partial charge < -0.3 is 9.84 Å². The molecule has 0 saturated heterocycles. The number of allylic oxidation sites excluding steroid dienone is 1. The molecule has 3 heteroatoms. The topological polar surface area (TPSA) is 46.5 Å². The highest BCUT2D eigenvalue weighted by Crippen LogP contribution is 2.11. The molecule has 0 aliphatic rings. The van der Waals surface area contributed by atoms with E-state index in [-0.39, 0.29) is 18.3 Å². The van der Waals surface area contributed by atoms with Crippen LogP contribution in [0.5, 0.6) is 0 Å². The summed E-state index contributed by atoms with van der Waals surface area (Å²) < 4.78 is 4.42. The van der Waals surface area contributed by atoms with Crippen LogP contribution >= 0.6 is 0 Å². The molecule has 0 rings (SSSR count). The summed E-state index contributed by atoms with van der Waals surface area (Å²) in [6.07, 6.45) is 1.87. The third-order valence-corrected chi connectivity index (χ3v) is 1.80. The lowest BCUT2D eigenvalue weighted by Gasteiger charge is -2.15. The first kappa shape index (κ1) is 11.2. The number of aliphatic hydroxyl groups excluding tert-OH is 1. The minimum absolute atomic E-state index is 0.0570. The standard InChI is InChI=1S/C9H16O3/c1-4-5-7(2)8(10)6-9(11)12-3/h4,7-8,10H,1,5-6H2,2-3H3/t7-,8+/m1/s1. The fourth-order valence-corrected chi connectivity index (χ4v) is 0.875. The van der Waals surface area contributed by atoms with Crippen LogP contribution < -0.4 is 0 Å². The Labute approximate surface area is 73.0 Å². The lowest BCUT2D eigenvalue weighted by molar-refractivity contribution is -0.143. The monoisotopic (exact) mass is 172 g/mol. The van der Waals surface area contributed by atoms with Gasteiger partial charge in [-0.2, -0.15) is 0 Å². The SMILES string of the molecule is C=CC[C@@H](C)[C@@H](O)CC(=O)OC. The molecule has 0 aromatic heterocycles. The number of hydrogen-bond donors (Lipinski definition) is 1. The Morgan fingerprint density at radius 1 is 1.75 bits per heavy atom. The summed E-state index contributed by atoms with van der Waals surface area (Å²) in [5.74, 6) is -0.319. The third-order valence-electron chi connectivity index (χ3n) is 1.80. The summed E-state index contributed by atoms with van der Waals surface area (Å²) in [5, 5.41) is 9.40. The molecule has 3 nitrogen and oxygen atoms in total. The second-order valence-corrected chi connectivity index (χ2v) is 2.85. The largest absolute Gasteiger partial charge is 0.469 e. The van der Waals surface area contributed by atoms with Gasteiger partial charge in [-0.1, -0.05) is 13.0 Å². The van der Waals surface area contributed by atoms with Crippen molar-refractivity contribution in [3.63, 3.8) is 0 Å². The van der Waals surface area contributed by atoms with Crippen molar-refractivity contribution in [3.8, 4) is 0 Å². The summed E-state index contributed by atoms with van der Waals surface area (Å²) in [5.41, 5.74) is 0. The van der Waals surface area contributed by atoms with Gasteiger partial charge in [0, 0.05) is 0 Å². The fourth-order valence-electron chi connectivity index (χ4n) is 0.875. The maximum absolute atomic E-state index is 10.7. The molecule has 0 bridgehead atoms. The predicted molar refractivity (Wildman–Crippen MR) is 46.6 cm³/mol. The Bertz CT molecular complexity index is 154. The third kappa shape index (κ3) is 4.13. The minimum Gasteiger partial charge on any atom is -0.469 e. The molecule has 0 aliphatic heterocycles. The van der Waals surface area contributed by atoms with Crippen LogP contribution in [-0.2, 0) is 9.53 Å². The van der Waals surface area contributed by atoms with Gasteiger partial charge >= 0.3 is 5.97 Å². The van der Waals surface area contributed by atoms with Gasteiger partial charge in [-0.05, 0) is 12.3 Å². The summed E-state index contributed by atoms with van der Waals surface area (Å²) in [6, 6.07) is 0. The van der Waals surface area contributed by atoms with E-state index in [2.05, 4.69) is 11.3 Å². The molecule has 1 N–H and O–H groups in total. The lowest BCUT2D eigenvalue weighted by Crippen LogP contribution is -2.21. The van der Waals surface area contributed by atoms with Crippen molar-refractivity contribution in [2.24, 2.45) is 5.92 Å². The smallest absolute Gasteiger partial charge is 0.308 e. The van der Waals surface area contributed by atoms with Crippen molar-refractivity contribution in [3.05, 3.63) is 12.7 Å². The highest BCUT2D eigenvalue weighted by molar-refractivity contribution is 5.69. The fraction of sp³-hybridized carbons (Fsp3) is 0.667. The van der Waals surface area contributed by atoms with Crippen LogP contribution in [0.25, 0.3) is 0 Å². The van der Waals surface area contributed by atoms with Gasteiger partial charge in [-0.15, -0.1) is 6.58 Å². The number of ether oxygens (including phenoxy) is 1. The Kier molecular flexibility index (Phi) is 5.37. The first-order valence-electron chi connectivity index (χ1n) is 3.97. The van der Waals surface area contributed by atoms with Gasteiger partial charge in [0.25, 0.3) is 0 Å². The van der Waals surface area contributed by atoms with E-state index < -0.39 is 6.10 Å². The normalized spacial score (nSPS) is 14.9. The first-order chi connectivity index (χ1) is 5.61. The number of rotatable bonds is 5. The van der Waals surface area contributed by atoms with E-state index in [4.69, 9.17) is 0 Å². The average molecular weight is 172 g/mol. The van der Waals surface area contributed by atoms with E-state index >= 15 is 0 Å². The number of aliphatic hydroxyl groups is 1. The Hall–Kier alpha value is -0.830. The van der Waals surface area contributed by atoms with Crippen LogP contribution in [0.15, 0.2) is 12.7 Å². The number of methoxy groups -OCH3 is 1. The van der Waals surface area contributed by atoms with E-state index in [1.807, 2.05) is 6.92 Å². The van der Waals surface area contributed by atoms with E-state index in [9.17, 15) is 9.90 Å². The maximum Gasteiger partial charge on any atom is 0.308 e. The van der Waals surface area contributed by atoms with Crippen LogP contribution in [-0.4, -0.2) is 24.3 Å². The molecular weight excluding hydrogens is 156 g/mol. The Morgan fingerprint density at radius 2 is 2.33 bits per heavy atom. The van der Waals surface area contributed by atoms with Crippen molar-refractivity contribution >= 4 is 5.97 Å². The minimum atomic E-state index is -0.629. The average Bonchev–Trinajstić information content (AvgIpc) is 2.04. The molecule has 0 spiro atoms. The summed E-state index contributed by atoms with van der Waals surface area (Å²) in [7, 11) is 1.31. The Morgan fingerprint density at radius 3 is 2.75 bits per heavy atom. The summed E-state index contributed by atoms with van der Waals surface area (Å²) in [6.45, 7) is 5.43.